The van der Waals surface area contributed by atoms with E-state index in [0.29, 0.717) is 6.54 Å². The van der Waals surface area contributed by atoms with Gasteiger partial charge in [-0.1, -0.05) is 48.5 Å². The Balaban J connectivity index is 1.34. The van der Waals surface area contributed by atoms with Crippen molar-refractivity contribution in [2.45, 2.75) is 19.0 Å². The number of fused-ring (bicyclic) bond motifs is 1. The summed E-state index contributed by atoms with van der Waals surface area (Å²) in [7, 11) is 0. The molecule has 2 aromatic carbocycles. The van der Waals surface area contributed by atoms with E-state index in [2.05, 4.69) is 31.2 Å². The first-order valence-electron chi connectivity index (χ1n) is 9.71. The number of imidazole rings is 1. The van der Waals surface area contributed by atoms with Crippen LogP contribution < -0.4 is 10.6 Å². The van der Waals surface area contributed by atoms with Crippen molar-refractivity contribution in [3.63, 3.8) is 0 Å². The highest BCUT2D eigenvalue weighted by Gasteiger charge is 2.17. The minimum absolute atomic E-state index is 0.208. The predicted molar refractivity (Wildman–Crippen MR) is 113 cm³/mol. The van der Waals surface area contributed by atoms with E-state index in [1.807, 2.05) is 73.1 Å². The van der Waals surface area contributed by atoms with Gasteiger partial charge in [0.2, 0.25) is 0 Å². The number of carbonyl (C=O) groups excluding carboxylic acids is 1. The number of amides is 2. The first-order chi connectivity index (χ1) is 14.3. The van der Waals surface area contributed by atoms with E-state index in [1.54, 1.807) is 6.20 Å². The summed E-state index contributed by atoms with van der Waals surface area (Å²) < 4.78 is 2.11. The average molecular weight is 385 g/mol. The number of hydrogen-bond acceptors (Lipinski definition) is 3. The van der Waals surface area contributed by atoms with Gasteiger partial charge in [-0.25, -0.2) is 9.78 Å². The molecule has 0 aliphatic rings. The molecule has 6 nitrogen and oxygen atoms in total. The molecule has 29 heavy (non-hydrogen) atoms. The minimum Gasteiger partial charge on any atom is -0.338 e. The number of para-hydroxylation sites is 2. The Morgan fingerprint density at radius 3 is 2.55 bits per heavy atom. The van der Waals surface area contributed by atoms with Gasteiger partial charge in [-0.15, -0.1) is 0 Å². The van der Waals surface area contributed by atoms with E-state index in [0.717, 1.165) is 35.3 Å². The summed E-state index contributed by atoms with van der Waals surface area (Å²) in [6.07, 6.45) is 4.39. The maximum Gasteiger partial charge on any atom is 0.315 e. The molecule has 2 N–H and O–H groups in total. The Bertz CT molecular complexity index is 1020. The largest absolute Gasteiger partial charge is 0.338 e. The monoisotopic (exact) mass is 385 g/mol. The predicted octanol–water partition coefficient (Wildman–Crippen LogP) is 3.91. The lowest BCUT2D eigenvalue weighted by molar-refractivity contribution is 0.238. The quantitative estimate of drug-likeness (QED) is 0.474. The lowest BCUT2D eigenvalue weighted by atomic mass is 10.0. The van der Waals surface area contributed by atoms with E-state index < -0.39 is 0 Å². The Kier molecular flexibility index (Phi) is 5.81. The van der Waals surface area contributed by atoms with Crippen LogP contribution in [0.5, 0.6) is 0 Å². The molecule has 4 aromatic rings. The third kappa shape index (κ3) is 4.60. The van der Waals surface area contributed by atoms with Crippen molar-refractivity contribution in [1.82, 2.24) is 25.2 Å². The Hall–Kier alpha value is -3.67. The summed E-state index contributed by atoms with van der Waals surface area (Å²) in [5.74, 6) is 0. The molecule has 2 aromatic heterocycles. The summed E-state index contributed by atoms with van der Waals surface area (Å²) >= 11 is 0. The van der Waals surface area contributed by atoms with Gasteiger partial charge in [-0.05, 0) is 36.2 Å². The van der Waals surface area contributed by atoms with Crippen LogP contribution in [0.1, 0.15) is 23.7 Å². The molecule has 0 radical (unpaired) electrons. The van der Waals surface area contributed by atoms with Gasteiger partial charge in [-0.2, -0.15) is 0 Å². The SMILES string of the molecule is O=C(NCCCn1cnc2ccccc21)NC(c1ccccc1)c1ccccn1. The molecule has 2 heterocycles. The summed E-state index contributed by atoms with van der Waals surface area (Å²) in [5, 5.41) is 5.99. The zero-order valence-electron chi connectivity index (χ0n) is 16.0. The molecular formula is C23H23N5O. The number of aryl methyl sites for hydroxylation is 1. The molecule has 146 valence electrons. The van der Waals surface area contributed by atoms with Gasteiger partial charge >= 0.3 is 6.03 Å². The van der Waals surface area contributed by atoms with Gasteiger partial charge in [0.15, 0.2) is 0 Å². The van der Waals surface area contributed by atoms with Gasteiger partial charge in [0.1, 0.15) is 0 Å². The third-order valence-corrected chi connectivity index (χ3v) is 4.78. The Morgan fingerprint density at radius 1 is 0.931 bits per heavy atom. The van der Waals surface area contributed by atoms with E-state index in [4.69, 9.17) is 0 Å². The number of nitrogens with one attached hydrogen (secondary N) is 2. The van der Waals surface area contributed by atoms with Gasteiger partial charge < -0.3 is 15.2 Å². The molecule has 0 aliphatic carbocycles. The average Bonchev–Trinajstić information content (AvgIpc) is 3.19. The zero-order chi connectivity index (χ0) is 19.9. The van der Waals surface area contributed by atoms with Crippen molar-refractivity contribution >= 4 is 17.1 Å². The van der Waals surface area contributed by atoms with Gasteiger partial charge in [0, 0.05) is 19.3 Å². The van der Waals surface area contributed by atoms with Crippen molar-refractivity contribution in [1.29, 1.82) is 0 Å². The van der Waals surface area contributed by atoms with Crippen LogP contribution in [0.15, 0.2) is 85.3 Å². The lowest BCUT2D eigenvalue weighted by Gasteiger charge is -2.19. The topological polar surface area (TPSA) is 71.8 Å². The molecule has 1 unspecified atom stereocenters. The van der Waals surface area contributed by atoms with Crippen LogP contribution in [-0.4, -0.2) is 27.1 Å². The molecule has 0 fully saturated rings. The fourth-order valence-electron chi connectivity index (χ4n) is 3.34. The standard InChI is InChI=1S/C23H23N5O/c29-23(25-15-8-16-28-17-26-19-11-4-5-13-21(19)28)27-22(18-9-2-1-3-10-18)20-12-6-7-14-24-20/h1-7,9-14,17,22H,8,15-16H2,(H2,25,27,29). The number of aromatic nitrogens is 3. The second kappa shape index (κ2) is 9.01. The lowest BCUT2D eigenvalue weighted by Crippen LogP contribution is -2.39. The molecule has 0 aliphatic heterocycles. The first-order valence-corrected chi connectivity index (χ1v) is 9.71. The first kappa shape index (κ1) is 18.7. The molecule has 0 saturated carbocycles. The molecule has 0 bridgehead atoms. The van der Waals surface area contributed by atoms with Crippen LogP contribution in [0.4, 0.5) is 4.79 Å². The Morgan fingerprint density at radius 2 is 1.72 bits per heavy atom. The maximum absolute atomic E-state index is 12.5. The van der Waals surface area contributed by atoms with E-state index >= 15 is 0 Å². The molecule has 4 rings (SSSR count). The van der Waals surface area contributed by atoms with Crippen LogP contribution in [-0.2, 0) is 6.54 Å². The maximum atomic E-state index is 12.5. The minimum atomic E-state index is -0.296. The normalized spacial score (nSPS) is 11.9. The smallest absolute Gasteiger partial charge is 0.315 e. The summed E-state index contributed by atoms with van der Waals surface area (Å²) in [5.41, 5.74) is 3.89. The second-order valence-electron chi connectivity index (χ2n) is 6.78. The van der Waals surface area contributed by atoms with Crippen molar-refractivity contribution in [3.05, 3.63) is 96.6 Å². The van der Waals surface area contributed by atoms with Gasteiger partial charge in [0.05, 0.1) is 29.1 Å². The van der Waals surface area contributed by atoms with Crippen LogP contribution in [0.3, 0.4) is 0 Å². The highest BCUT2D eigenvalue weighted by molar-refractivity contribution is 5.75. The number of pyridine rings is 1. The number of urea groups is 1. The highest BCUT2D eigenvalue weighted by atomic mass is 16.2. The molecule has 1 atom stereocenters. The number of carbonyl (C=O) groups is 1. The van der Waals surface area contributed by atoms with E-state index in [-0.39, 0.29) is 12.1 Å². The molecule has 0 spiro atoms. The number of nitrogens with zero attached hydrogens (tertiary/aromatic N) is 3. The fraction of sp³-hybridized carbons (Fsp3) is 0.174. The molecule has 6 heteroatoms. The van der Waals surface area contributed by atoms with Crippen LogP contribution in [0.25, 0.3) is 11.0 Å². The van der Waals surface area contributed by atoms with Gasteiger partial charge in [0.25, 0.3) is 0 Å². The zero-order valence-corrected chi connectivity index (χ0v) is 16.0. The fourth-order valence-corrected chi connectivity index (χ4v) is 3.34. The van der Waals surface area contributed by atoms with Crippen molar-refractivity contribution < 1.29 is 4.79 Å². The number of hydrogen-bond donors (Lipinski definition) is 2. The van der Waals surface area contributed by atoms with Crippen LogP contribution in [0.2, 0.25) is 0 Å². The summed E-state index contributed by atoms with van der Waals surface area (Å²) in [6, 6.07) is 23.1. The highest BCUT2D eigenvalue weighted by Crippen LogP contribution is 2.19. The second-order valence-corrected chi connectivity index (χ2v) is 6.78. The number of benzene rings is 2. The van der Waals surface area contributed by atoms with Crippen LogP contribution >= 0.6 is 0 Å². The summed E-state index contributed by atoms with van der Waals surface area (Å²) in [4.78, 5) is 21.3. The molecule has 0 saturated heterocycles. The Labute approximate surface area is 169 Å². The van der Waals surface area contributed by atoms with Gasteiger partial charge in [-0.3, -0.25) is 4.98 Å². The van der Waals surface area contributed by atoms with E-state index in [1.165, 1.54) is 0 Å². The van der Waals surface area contributed by atoms with E-state index in [9.17, 15) is 4.79 Å². The van der Waals surface area contributed by atoms with Crippen LogP contribution in [0, 0.1) is 0 Å². The third-order valence-electron chi connectivity index (χ3n) is 4.78. The van der Waals surface area contributed by atoms with Crippen molar-refractivity contribution in [2.24, 2.45) is 0 Å². The summed E-state index contributed by atoms with van der Waals surface area (Å²) in [6.45, 7) is 1.37. The molecular weight excluding hydrogens is 362 g/mol. The molecule has 2 amide bonds. The van der Waals surface area contributed by atoms with Crippen molar-refractivity contribution in [3.8, 4) is 0 Å². The number of rotatable bonds is 7. The van der Waals surface area contributed by atoms with Crippen molar-refractivity contribution in [2.75, 3.05) is 6.54 Å².